The van der Waals surface area contributed by atoms with Crippen LogP contribution in [0.15, 0.2) is 78.9 Å². The van der Waals surface area contributed by atoms with E-state index in [1.165, 1.54) is 5.56 Å². The zero-order valence-corrected chi connectivity index (χ0v) is 19.5. The second-order valence-corrected chi connectivity index (χ2v) is 9.42. The van der Waals surface area contributed by atoms with Crippen LogP contribution in [0.2, 0.25) is 5.02 Å². The minimum Gasteiger partial charge on any atom is -0.312 e. The fourth-order valence-corrected chi connectivity index (χ4v) is 4.96. The molecule has 0 aliphatic heterocycles. The Kier molecular flexibility index (Phi) is 7.81. The number of hydrogen-bond donors (Lipinski definition) is 0. The molecule has 0 radical (unpaired) electrons. The number of halogens is 1. The van der Waals surface area contributed by atoms with Crippen LogP contribution in [0, 0.1) is 23.2 Å². The Bertz CT molecular complexity index is 1100. The molecule has 1 aliphatic rings. The zero-order valence-electron chi connectivity index (χ0n) is 18.8. The van der Waals surface area contributed by atoms with E-state index in [2.05, 4.69) is 24.3 Å². The van der Waals surface area contributed by atoms with Gasteiger partial charge in [0, 0.05) is 23.2 Å². The highest BCUT2D eigenvalue weighted by molar-refractivity contribution is 6.30. The Labute approximate surface area is 201 Å². The average Bonchev–Trinajstić information content (AvgIpc) is 3.39. The van der Waals surface area contributed by atoms with Gasteiger partial charge in [-0.05, 0) is 79.1 Å². The van der Waals surface area contributed by atoms with E-state index >= 15 is 0 Å². The molecular formula is C29H29ClN2O. The highest BCUT2D eigenvalue weighted by Crippen LogP contribution is 2.30. The number of anilines is 1. The van der Waals surface area contributed by atoms with Gasteiger partial charge >= 0.3 is 0 Å². The Morgan fingerprint density at radius 2 is 1.64 bits per heavy atom. The molecule has 1 fully saturated rings. The molecule has 1 aliphatic carbocycles. The van der Waals surface area contributed by atoms with Crippen molar-refractivity contribution in [3.05, 3.63) is 101 Å². The molecular weight excluding hydrogens is 428 g/mol. The average molecular weight is 457 g/mol. The Balaban J connectivity index is 1.63. The largest absolute Gasteiger partial charge is 0.312 e. The minimum atomic E-state index is 0.114. The van der Waals surface area contributed by atoms with Gasteiger partial charge in [-0.1, -0.05) is 66.9 Å². The van der Waals surface area contributed by atoms with Crippen molar-refractivity contribution in [1.82, 2.24) is 0 Å². The second kappa shape index (κ2) is 11.2. The minimum absolute atomic E-state index is 0.114. The van der Waals surface area contributed by atoms with Gasteiger partial charge in [-0.25, -0.2) is 0 Å². The van der Waals surface area contributed by atoms with Gasteiger partial charge < -0.3 is 4.90 Å². The Hall–Kier alpha value is -3.09. The summed E-state index contributed by atoms with van der Waals surface area (Å²) in [6, 6.07) is 28.0. The molecule has 0 aromatic heterocycles. The number of carbonyl (C=O) groups excluding carboxylic acids is 1. The third-order valence-corrected chi connectivity index (χ3v) is 6.75. The summed E-state index contributed by atoms with van der Waals surface area (Å²) in [5.41, 5.74) is 3.94. The number of amides is 1. The molecule has 4 heteroatoms. The van der Waals surface area contributed by atoms with Crippen molar-refractivity contribution in [3.63, 3.8) is 0 Å². The molecule has 0 N–H and O–H groups in total. The molecule has 1 unspecified atom stereocenters. The van der Waals surface area contributed by atoms with Gasteiger partial charge in [-0.2, -0.15) is 5.26 Å². The molecule has 3 aromatic carbocycles. The maximum absolute atomic E-state index is 13.6. The highest BCUT2D eigenvalue weighted by Gasteiger charge is 2.29. The van der Waals surface area contributed by atoms with Crippen LogP contribution < -0.4 is 4.90 Å². The van der Waals surface area contributed by atoms with Gasteiger partial charge in [0.1, 0.15) is 0 Å². The first-order valence-corrected chi connectivity index (χ1v) is 12.1. The molecule has 4 rings (SSSR count). The van der Waals surface area contributed by atoms with E-state index in [0.717, 1.165) is 54.8 Å². The summed E-state index contributed by atoms with van der Waals surface area (Å²) in [6.07, 6.45) is 5.85. The molecule has 168 valence electrons. The summed E-state index contributed by atoms with van der Waals surface area (Å²) >= 11 is 6.11. The first-order chi connectivity index (χ1) is 16.1. The fraction of sp³-hybridized carbons (Fsp3) is 0.310. The number of nitriles is 1. The molecule has 0 saturated heterocycles. The van der Waals surface area contributed by atoms with Crippen LogP contribution in [0.3, 0.4) is 0 Å². The van der Waals surface area contributed by atoms with Crippen LogP contribution in [0.1, 0.15) is 42.4 Å². The molecule has 1 atom stereocenters. The van der Waals surface area contributed by atoms with Crippen LogP contribution >= 0.6 is 11.6 Å². The van der Waals surface area contributed by atoms with Crippen molar-refractivity contribution in [2.45, 2.75) is 38.5 Å². The van der Waals surface area contributed by atoms with Gasteiger partial charge in [-0.15, -0.1) is 0 Å². The maximum Gasteiger partial charge on any atom is 0.230 e. The lowest BCUT2D eigenvalue weighted by Crippen LogP contribution is -2.40. The van der Waals surface area contributed by atoms with E-state index in [4.69, 9.17) is 11.6 Å². The number of carbonyl (C=O) groups is 1. The molecule has 33 heavy (non-hydrogen) atoms. The molecule has 1 saturated carbocycles. The smallest absolute Gasteiger partial charge is 0.230 e. The lowest BCUT2D eigenvalue weighted by atomic mass is 9.90. The van der Waals surface area contributed by atoms with Gasteiger partial charge in [0.15, 0.2) is 0 Å². The van der Waals surface area contributed by atoms with Crippen molar-refractivity contribution in [1.29, 1.82) is 5.26 Å². The van der Waals surface area contributed by atoms with Crippen molar-refractivity contribution < 1.29 is 4.79 Å². The van der Waals surface area contributed by atoms with E-state index in [0.29, 0.717) is 12.1 Å². The number of para-hydroxylation sites is 1. The lowest BCUT2D eigenvalue weighted by Gasteiger charge is -2.30. The van der Waals surface area contributed by atoms with Crippen LogP contribution in [-0.4, -0.2) is 12.5 Å². The summed E-state index contributed by atoms with van der Waals surface area (Å²) in [5, 5.41) is 10.1. The van der Waals surface area contributed by atoms with E-state index < -0.39 is 0 Å². The van der Waals surface area contributed by atoms with Crippen molar-refractivity contribution in [3.8, 4) is 6.07 Å². The van der Waals surface area contributed by atoms with Crippen molar-refractivity contribution >= 4 is 23.2 Å². The van der Waals surface area contributed by atoms with Crippen molar-refractivity contribution in [2.24, 2.45) is 11.8 Å². The predicted octanol–water partition coefficient (Wildman–Crippen LogP) is 6.84. The van der Waals surface area contributed by atoms with Crippen LogP contribution in [-0.2, 0) is 17.6 Å². The summed E-state index contributed by atoms with van der Waals surface area (Å²) < 4.78 is 0. The highest BCUT2D eigenvalue weighted by atomic mass is 35.5. The SMILES string of the molecule is N#Cc1cccc(CC(Cc2ccc(Cl)cc2)CN(C(=O)C2CCCC2)c2ccccc2)c1. The van der Waals surface area contributed by atoms with Gasteiger partial charge in [0.05, 0.1) is 11.6 Å². The third kappa shape index (κ3) is 6.24. The van der Waals surface area contributed by atoms with Gasteiger partial charge in [-0.3, -0.25) is 4.79 Å². The molecule has 1 amide bonds. The Morgan fingerprint density at radius 3 is 2.33 bits per heavy atom. The number of hydrogen-bond acceptors (Lipinski definition) is 2. The van der Waals surface area contributed by atoms with Crippen LogP contribution in [0.5, 0.6) is 0 Å². The zero-order chi connectivity index (χ0) is 23.0. The van der Waals surface area contributed by atoms with Crippen molar-refractivity contribution in [2.75, 3.05) is 11.4 Å². The molecule has 0 spiro atoms. The van der Waals surface area contributed by atoms with E-state index in [1.54, 1.807) is 0 Å². The van der Waals surface area contributed by atoms with Gasteiger partial charge in [0.2, 0.25) is 5.91 Å². The lowest BCUT2D eigenvalue weighted by molar-refractivity contribution is -0.122. The predicted molar refractivity (Wildman–Crippen MR) is 134 cm³/mol. The molecule has 3 aromatic rings. The second-order valence-electron chi connectivity index (χ2n) is 8.98. The first-order valence-electron chi connectivity index (χ1n) is 11.7. The van der Waals surface area contributed by atoms with E-state index in [9.17, 15) is 10.1 Å². The summed E-state index contributed by atoms with van der Waals surface area (Å²) in [4.78, 5) is 15.6. The first kappa shape index (κ1) is 23.1. The fourth-order valence-electron chi connectivity index (χ4n) is 4.84. The molecule has 0 bridgehead atoms. The summed E-state index contributed by atoms with van der Waals surface area (Å²) in [7, 11) is 0. The quantitative estimate of drug-likeness (QED) is 0.372. The van der Waals surface area contributed by atoms with Gasteiger partial charge in [0.25, 0.3) is 0 Å². The van der Waals surface area contributed by atoms with Crippen LogP contribution in [0.4, 0.5) is 5.69 Å². The molecule has 0 heterocycles. The third-order valence-electron chi connectivity index (χ3n) is 6.50. The summed E-state index contributed by atoms with van der Waals surface area (Å²) in [5.74, 6) is 0.555. The van der Waals surface area contributed by atoms with Crippen LogP contribution in [0.25, 0.3) is 0 Å². The van der Waals surface area contributed by atoms with E-state index in [-0.39, 0.29) is 17.7 Å². The van der Waals surface area contributed by atoms with E-state index in [1.807, 2.05) is 65.6 Å². The number of rotatable bonds is 8. The normalized spacial score (nSPS) is 14.5. The molecule has 3 nitrogen and oxygen atoms in total. The number of benzene rings is 3. The number of nitrogens with zero attached hydrogens (tertiary/aromatic N) is 2. The maximum atomic E-state index is 13.6. The standard InChI is InChI=1S/C29H29ClN2O/c30-27-15-13-22(14-16-27)17-25(19-23-7-6-8-24(18-23)20-31)21-32(28-11-2-1-3-12-28)29(33)26-9-4-5-10-26/h1-3,6-8,11-16,18,25-26H,4-5,9-10,17,19,21H2. The summed E-state index contributed by atoms with van der Waals surface area (Å²) in [6.45, 7) is 0.638. The monoisotopic (exact) mass is 456 g/mol. The topological polar surface area (TPSA) is 44.1 Å². The Morgan fingerprint density at radius 1 is 0.939 bits per heavy atom.